The summed E-state index contributed by atoms with van der Waals surface area (Å²) < 4.78 is 20.4. The van der Waals surface area contributed by atoms with E-state index in [0.29, 0.717) is 5.75 Å². The minimum absolute atomic E-state index is 0.108. The van der Waals surface area contributed by atoms with Gasteiger partial charge < -0.3 is 10.1 Å². The molecule has 1 unspecified atom stereocenters. The third-order valence-electron chi connectivity index (χ3n) is 2.93. The molecular weight excluding hydrogens is 309 g/mol. The molecule has 0 aliphatic carbocycles. The lowest BCUT2D eigenvalue weighted by Gasteiger charge is -2.12. The van der Waals surface area contributed by atoms with Crippen molar-refractivity contribution in [1.29, 1.82) is 0 Å². The maximum atomic E-state index is 13.9. The highest BCUT2D eigenvalue weighted by Crippen LogP contribution is 2.27. The second-order valence-corrected chi connectivity index (χ2v) is 5.17. The molecule has 0 bridgehead atoms. The van der Waals surface area contributed by atoms with Crippen LogP contribution in [0.5, 0.6) is 11.5 Å². The maximum Gasteiger partial charge on any atom is 0.166 e. The van der Waals surface area contributed by atoms with Gasteiger partial charge in [0.1, 0.15) is 5.75 Å². The number of hydrogen-bond donors (Lipinski definition) is 1. The normalized spacial score (nSPS) is 12.2. The van der Waals surface area contributed by atoms with Crippen LogP contribution in [0.25, 0.3) is 0 Å². The van der Waals surface area contributed by atoms with Gasteiger partial charge in [0.25, 0.3) is 0 Å². The first-order valence-corrected chi connectivity index (χ1v) is 6.79. The van der Waals surface area contributed by atoms with Crippen molar-refractivity contribution in [1.82, 2.24) is 5.32 Å². The quantitative estimate of drug-likeness (QED) is 0.883. The molecule has 2 rings (SSSR count). The third-order valence-corrected chi connectivity index (χ3v) is 3.46. The van der Waals surface area contributed by atoms with E-state index in [-0.39, 0.29) is 17.6 Å². The molecule has 0 aliphatic rings. The molecule has 19 heavy (non-hydrogen) atoms. The van der Waals surface area contributed by atoms with Gasteiger partial charge in [0.15, 0.2) is 11.6 Å². The number of halogens is 2. The van der Waals surface area contributed by atoms with Crippen molar-refractivity contribution >= 4 is 15.9 Å². The number of hydrogen-bond acceptors (Lipinski definition) is 2. The zero-order valence-corrected chi connectivity index (χ0v) is 12.4. The monoisotopic (exact) mass is 323 g/mol. The summed E-state index contributed by atoms with van der Waals surface area (Å²) in [6.07, 6.45) is 0. The first kappa shape index (κ1) is 14.0. The third kappa shape index (κ3) is 3.55. The molecule has 4 heteroatoms. The first-order chi connectivity index (χ1) is 9.10. The van der Waals surface area contributed by atoms with Crippen LogP contribution in [0.3, 0.4) is 0 Å². The van der Waals surface area contributed by atoms with E-state index in [4.69, 9.17) is 4.74 Å². The van der Waals surface area contributed by atoms with E-state index in [1.165, 1.54) is 6.07 Å². The number of nitrogens with one attached hydrogen (secondary N) is 1. The topological polar surface area (TPSA) is 21.3 Å². The molecule has 2 aromatic rings. The van der Waals surface area contributed by atoms with Crippen LogP contribution in [0, 0.1) is 5.82 Å². The molecule has 1 atom stereocenters. The van der Waals surface area contributed by atoms with Gasteiger partial charge in [0.2, 0.25) is 0 Å². The highest BCUT2D eigenvalue weighted by molar-refractivity contribution is 9.10. The van der Waals surface area contributed by atoms with E-state index < -0.39 is 0 Å². The highest BCUT2D eigenvalue weighted by Gasteiger charge is 2.09. The molecule has 0 amide bonds. The average molecular weight is 324 g/mol. The summed E-state index contributed by atoms with van der Waals surface area (Å²) in [5.41, 5.74) is 0.892. The summed E-state index contributed by atoms with van der Waals surface area (Å²) >= 11 is 3.34. The molecule has 0 aromatic heterocycles. The lowest BCUT2D eigenvalue weighted by molar-refractivity contribution is 0.440. The van der Waals surface area contributed by atoms with Gasteiger partial charge in [0, 0.05) is 10.5 Å². The summed E-state index contributed by atoms with van der Waals surface area (Å²) in [6, 6.07) is 12.4. The van der Waals surface area contributed by atoms with Crippen LogP contribution in [0.1, 0.15) is 18.5 Å². The van der Waals surface area contributed by atoms with Gasteiger partial charge in [-0.2, -0.15) is 0 Å². The summed E-state index contributed by atoms with van der Waals surface area (Å²) in [5, 5.41) is 3.07. The summed E-state index contributed by atoms with van der Waals surface area (Å²) in [4.78, 5) is 0. The first-order valence-electron chi connectivity index (χ1n) is 6.00. The van der Waals surface area contributed by atoms with E-state index in [2.05, 4.69) is 21.2 Å². The van der Waals surface area contributed by atoms with Crippen LogP contribution in [0.15, 0.2) is 46.9 Å². The Morgan fingerprint density at radius 3 is 2.42 bits per heavy atom. The van der Waals surface area contributed by atoms with E-state index >= 15 is 0 Å². The molecular formula is C15H15BrFNO. The molecule has 0 fully saturated rings. The lowest BCUT2D eigenvalue weighted by atomic mass is 10.1. The predicted molar refractivity (Wildman–Crippen MR) is 78.1 cm³/mol. The van der Waals surface area contributed by atoms with Crippen molar-refractivity contribution in [2.45, 2.75) is 13.0 Å². The van der Waals surface area contributed by atoms with Gasteiger partial charge in [0.05, 0.1) is 0 Å². The molecule has 0 saturated carbocycles. The standard InChI is InChI=1S/C15H15BrFNO/c1-10(18-2)11-3-8-15(14(17)9-11)19-13-6-4-12(16)5-7-13/h3-10,18H,1-2H3. The van der Waals surface area contributed by atoms with Gasteiger partial charge in [-0.15, -0.1) is 0 Å². The van der Waals surface area contributed by atoms with Crippen LogP contribution in [0.2, 0.25) is 0 Å². The van der Waals surface area contributed by atoms with Gasteiger partial charge in [-0.3, -0.25) is 0 Å². The molecule has 2 nitrogen and oxygen atoms in total. The zero-order chi connectivity index (χ0) is 13.8. The van der Waals surface area contributed by atoms with Crippen molar-refractivity contribution in [3.63, 3.8) is 0 Å². The van der Waals surface area contributed by atoms with Crippen molar-refractivity contribution < 1.29 is 9.13 Å². The molecule has 0 aliphatic heterocycles. The maximum absolute atomic E-state index is 13.9. The molecule has 0 radical (unpaired) electrons. The van der Waals surface area contributed by atoms with Crippen molar-refractivity contribution in [3.05, 3.63) is 58.3 Å². The van der Waals surface area contributed by atoms with Gasteiger partial charge >= 0.3 is 0 Å². The molecule has 100 valence electrons. The average Bonchev–Trinajstić information content (AvgIpc) is 2.42. The van der Waals surface area contributed by atoms with E-state index in [9.17, 15) is 4.39 Å². The van der Waals surface area contributed by atoms with Crippen LogP contribution in [0.4, 0.5) is 4.39 Å². The van der Waals surface area contributed by atoms with Crippen LogP contribution < -0.4 is 10.1 Å². The smallest absolute Gasteiger partial charge is 0.166 e. The second-order valence-electron chi connectivity index (χ2n) is 4.26. The Kier molecular flexibility index (Phi) is 4.56. The van der Waals surface area contributed by atoms with Gasteiger partial charge in [-0.05, 0) is 55.9 Å². The minimum Gasteiger partial charge on any atom is -0.454 e. The fraction of sp³-hybridized carbons (Fsp3) is 0.200. The van der Waals surface area contributed by atoms with E-state index in [1.54, 1.807) is 18.2 Å². The fourth-order valence-corrected chi connectivity index (χ4v) is 1.93. The largest absolute Gasteiger partial charge is 0.454 e. The summed E-state index contributed by atoms with van der Waals surface area (Å²) in [6.45, 7) is 1.98. The Bertz CT molecular complexity index is 557. The highest BCUT2D eigenvalue weighted by atomic mass is 79.9. The number of rotatable bonds is 4. The predicted octanol–water partition coefficient (Wildman–Crippen LogP) is 4.66. The Hall–Kier alpha value is -1.39. The second kappa shape index (κ2) is 6.17. The Labute approximate surface area is 120 Å². The zero-order valence-electron chi connectivity index (χ0n) is 10.8. The van der Waals surface area contributed by atoms with Gasteiger partial charge in [-0.1, -0.05) is 22.0 Å². The number of ether oxygens (including phenoxy) is 1. The lowest BCUT2D eigenvalue weighted by Crippen LogP contribution is -2.12. The summed E-state index contributed by atoms with van der Waals surface area (Å²) in [5.74, 6) is 0.480. The van der Waals surface area contributed by atoms with Crippen molar-refractivity contribution in [2.24, 2.45) is 0 Å². The molecule has 1 N–H and O–H groups in total. The molecule has 2 aromatic carbocycles. The van der Waals surface area contributed by atoms with Crippen LogP contribution in [-0.2, 0) is 0 Å². The SMILES string of the molecule is CNC(C)c1ccc(Oc2ccc(Br)cc2)c(F)c1. The van der Waals surface area contributed by atoms with Crippen LogP contribution in [-0.4, -0.2) is 7.05 Å². The van der Waals surface area contributed by atoms with E-state index in [0.717, 1.165) is 10.0 Å². The van der Waals surface area contributed by atoms with Crippen molar-refractivity contribution in [2.75, 3.05) is 7.05 Å². The van der Waals surface area contributed by atoms with Crippen LogP contribution >= 0.6 is 15.9 Å². The summed E-state index contributed by atoms with van der Waals surface area (Å²) in [7, 11) is 1.84. The number of benzene rings is 2. The van der Waals surface area contributed by atoms with E-state index in [1.807, 2.05) is 32.2 Å². The molecule has 0 spiro atoms. The van der Waals surface area contributed by atoms with Gasteiger partial charge in [-0.25, -0.2) is 4.39 Å². The molecule has 0 saturated heterocycles. The van der Waals surface area contributed by atoms with Crippen molar-refractivity contribution in [3.8, 4) is 11.5 Å². The molecule has 0 heterocycles. The Morgan fingerprint density at radius 2 is 1.84 bits per heavy atom. The Morgan fingerprint density at radius 1 is 1.16 bits per heavy atom. The minimum atomic E-state index is -0.359. The Balaban J connectivity index is 2.19. The fourth-order valence-electron chi connectivity index (χ4n) is 1.67.